The first kappa shape index (κ1) is 12.6. The van der Waals surface area contributed by atoms with Gasteiger partial charge in [-0.05, 0) is 18.2 Å². The number of hydrogen-bond acceptors (Lipinski definition) is 3. The summed E-state index contributed by atoms with van der Waals surface area (Å²) in [7, 11) is 0. The Hall–Kier alpha value is -1.83. The summed E-state index contributed by atoms with van der Waals surface area (Å²) in [4.78, 5) is 3.78. The number of benzene rings is 1. The van der Waals surface area contributed by atoms with E-state index in [1.165, 1.54) is 0 Å². The molecular formula is C12H6Cl2FN3. The lowest BCUT2D eigenvalue weighted by molar-refractivity contribution is 0.626. The Morgan fingerprint density at radius 2 is 2.00 bits per heavy atom. The second-order valence-corrected chi connectivity index (χ2v) is 4.14. The minimum absolute atomic E-state index is 0.0149. The first-order valence-corrected chi connectivity index (χ1v) is 5.65. The minimum Gasteiger partial charge on any atom is -0.337 e. The molecule has 1 aromatic carbocycles. The maximum Gasteiger partial charge on any atom is 0.168 e. The Bertz CT molecular complexity index is 638. The van der Waals surface area contributed by atoms with Crippen LogP contribution in [0.3, 0.4) is 0 Å². The monoisotopic (exact) mass is 281 g/mol. The summed E-state index contributed by atoms with van der Waals surface area (Å²) >= 11 is 11.7. The zero-order valence-electron chi connectivity index (χ0n) is 8.92. The molecule has 0 aliphatic heterocycles. The molecule has 0 saturated carbocycles. The van der Waals surface area contributed by atoms with Crippen LogP contribution in [0.1, 0.15) is 5.56 Å². The van der Waals surface area contributed by atoms with Gasteiger partial charge in [-0.2, -0.15) is 5.26 Å². The van der Waals surface area contributed by atoms with E-state index < -0.39 is 5.82 Å². The van der Waals surface area contributed by atoms with Crippen molar-refractivity contribution < 1.29 is 4.39 Å². The topological polar surface area (TPSA) is 48.7 Å². The predicted octanol–water partition coefficient (Wildman–Crippen LogP) is 4.14. The third kappa shape index (κ3) is 2.53. The van der Waals surface area contributed by atoms with E-state index in [-0.39, 0.29) is 16.5 Å². The fraction of sp³-hybridized carbons (Fsp3) is 0. The van der Waals surface area contributed by atoms with Crippen LogP contribution in [0, 0.1) is 17.1 Å². The molecule has 1 aromatic heterocycles. The molecule has 0 aliphatic rings. The molecule has 18 heavy (non-hydrogen) atoms. The highest BCUT2D eigenvalue weighted by Crippen LogP contribution is 2.27. The van der Waals surface area contributed by atoms with Crippen molar-refractivity contribution in [1.29, 1.82) is 5.26 Å². The van der Waals surface area contributed by atoms with Crippen LogP contribution in [-0.4, -0.2) is 4.98 Å². The standard InChI is InChI=1S/C12H6Cl2FN3/c13-8-3-1-2-4-10(8)17-12-9(15)5-7(6-16)11(14)18-12/h1-5H,(H,17,18). The van der Waals surface area contributed by atoms with Crippen molar-refractivity contribution >= 4 is 34.7 Å². The average Bonchev–Trinajstić information content (AvgIpc) is 2.36. The quantitative estimate of drug-likeness (QED) is 0.842. The van der Waals surface area contributed by atoms with Gasteiger partial charge in [-0.3, -0.25) is 0 Å². The molecular weight excluding hydrogens is 276 g/mol. The predicted molar refractivity (Wildman–Crippen MR) is 68.7 cm³/mol. The molecule has 0 bridgehead atoms. The van der Waals surface area contributed by atoms with Crippen molar-refractivity contribution in [3.63, 3.8) is 0 Å². The summed E-state index contributed by atoms with van der Waals surface area (Å²) in [5.74, 6) is -0.747. The van der Waals surface area contributed by atoms with Gasteiger partial charge in [0.2, 0.25) is 0 Å². The maximum absolute atomic E-state index is 13.7. The first-order chi connectivity index (χ1) is 8.61. The number of nitrogens with one attached hydrogen (secondary N) is 1. The van der Waals surface area contributed by atoms with E-state index in [2.05, 4.69) is 10.3 Å². The lowest BCUT2D eigenvalue weighted by atomic mass is 10.3. The van der Waals surface area contributed by atoms with Gasteiger partial charge in [0, 0.05) is 0 Å². The minimum atomic E-state index is -0.670. The summed E-state index contributed by atoms with van der Waals surface area (Å²) in [6.45, 7) is 0. The van der Waals surface area contributed by atoms with E-state index in [0.29, 0.717) is 10.7 Å². The number of rotatable bonds is 2. The SMILES string of the molecule is N#Cc1cc(F)c(Nc2ccccc2Cl)nc1Cl. The van der Waals surface area contributed by atoms with Crippen LogP contribution in [-0.2, 0) is 0 Å². The smallest absolute Gasteiger partial charge is 0.168 e. The van der Waals surface area contributed by atoms with Crippen molar-refractivity contribution in [3.05, 3.63) is 51.9 Å². The molecule has 0 aliphatic carbocycles. The third-order valence-electron chi connectivity index (χ3n) is 2.18. The number of para-hydroxylation sites is 1. The van der Waals surface area contributed by atoms with Gasteiger partial charge in [0.25, 0.3) is 0 Å². The molecule has 0 spiro atoms. The van der Waals surface area contributed by atoms with E-state index in [1.807, 2.05) is 0 Å². The molecule has 0 amide bonds. The number of aromatic nitrogens is 1. The molecule has 0 unspecified atom stereocenters. The Labute approximate surface area is 113 Å². The van der Waals surface area contributed by atoms with Crippen LogP contribution < -0.4 is 5.32 Å². The highest BCUT2D eigenvalue weighted by Gasteiger charge is 2.11. The Morgan fingerprint density at radius 3 is 2.67 bits per heavy atom. The van der Waals surface area contributed by atoms with Gasteiger partial charge in [-0.25, -0.2) is 9.37 Å². The third-order valence-corrected chi connectivity index (χ3v) is 2.79. The molecule has 1 heterocycles. The van der Waals surface area contributed by atoms with Crippen molar-refractivity contribution in [2.24, 2.45) is 0 Å². The van der Waals surface area contributed by atoms with Crippen molar-refractivity contribution in [3.8, 4) is 6.07 Å². The highest BCUT2D eigenvalue weighted by molar-refractivity contribution is 6.33. The summed E-state index contributed by atoms with van der Waals surface area (Å²) in [5.41, 5.74) is 0.491. The van der Waals surface area contributed by atoms with Gasteiger partial charge in [0.1, 0.15) is 11.2 Å². The average molecular weight is 282 g/mol. The normalized spacial score (nSPS) is 9.89. The van der Waals surface area contributed by atoms with Crippen LogP contribution in [0.25, 0.3) is 0 Å². The van der Waals surface area contributed by atoms with Crippen LogP contribution in [0.2, 0.25) is 10.2 Å². The molecule has 0 radical (unpaired) electrons. The zero-order chi connectivity index (χ0) is 13.1. The zero-order valence-corrected chi connectivity index (χ0v) is 10.4. The van der Waals surface area contributed by atoms with Crippen molar-refractivity contribution in [2.45, 2.75) is 0 Å². The molecule has 0 saturated heterocycles. The van der Waals surface area contributed by atoms with Gasteiger partial charge in [0.15, 0.2) is 11.6 Å². The number of pyridine rings is 1. The van der Waals surface area contributed by atoms with Gasteiger partial charge >= 0.3 is 0 Å². The van der Waals surface area contributed by atoms with E-state index >= 15 is 0 Å². The highest BCUT2D eigenvalue weighted by atomic mass is 35.5. The molecule has 90 valence electrons. The van der Waals surface area contributed by atoms with E-state index in [0.717, 1.165) is 6.07 Å². The maximum atomic E-state index is 13.7. The number of nitrogens with zero attached hydrogens (tertiary/aromatic N) is 2. The molecule has 3 nitrogen and oxygen atoms in total. The molecule has 1 N–H and O–H groups in total. The summed E-state index contributed by atoms with van der Waals surface area (Å²) in [6, 6.07) is 9.61. The van der Waals surface area contributed by atoms with Gasteiger partial charge < -0.3 is 5.32 Å². The van der Waals surface area contributed by atoms with Crippen LogP contribution >= 0.6 is 23.2 Å². The largest absolute Gasteiger partial charge is 0.337 e. The van der Waals surface area contributed by atoms with Crippen LogP contribution in [0.5, 0.6) is 0 Å². The fourth-order valence-electron chi connectivity index (χ4n) is 1.32. The first-order valence-electron chi connectivity index (χ1n) is 4.89. The molecule has 0 atom stereocenters. The van der Waals surface area contributed by atoms with Crippen molar-refractivity contribution in [2.75, 3.05) is 5.32 Å². The number of hydrogen-bond donors (Lipinski definition) is 1. The Kier molecular flexibility index (Phi) is 3.66. The number of nitriles is 1. The fourth-order valence-corrected chi connectivity index (χ4v) is 1.69. The Morgan fingerprint density at radius 1 is 1.28 bits per heavy atom. The summed E-state index contributed by atoms with van der Waals surface area (Å²) < 4.78 is 13.7. The van der Waals surface area contributed by atoms with E-state index in [1.54, 1.807) is 30.3 Å². The van der Waals surface area contributed by atoms with Crippen LogP contribution in [0.15, 0.2) is 30.3 Å². The van der Waals surface area contributed by atoms with Crippen LogP contribution in [0.4, 0.5) is 15.9 Å². The van der Waals surface area contributed by atoms with Crippen molar-refractivity contribution in [1.82, 2.24) is 4.98 Å². The van der Waals surface area contributed by atoms with Gasteiger partial charge in [-0.15, -0.1) is 0 Å². The van der Waals surface area contributed by atoms with Gasteiger partial charge in [-0.1, -0.05) is 35.3 Å². The lowest BCUT2D eigenvalue weighted by Gasteiger charge is -2.08. The lowest BCUT2D eigenvalue weighted by Crippen LogP contribution is -1.99. The molecule has 2 rings (SSSR count). The number of anilines is 2. The van der Waals surface area contributed by atoms with E-state index in [4.69, 9.17) is 28.5 Å². The summed E-state index contributed by atoms with van der Waals surface area (Å²) in [5, 5.41) is 11.8. The van der Waals surface area contributed by atoms with Gasteiger partial charge in [0.05, 0.1) is 16.3 Å². The molecule has 6 heteroatoms. The Balaban J connectivity index is 2.39. The summed E-state index contributed by atoms with van der Waals surface area (Å²) in [6.07, 6.45) is 0. The number of halogens is 3. The van der Waals surface area contributed by atoms with E-state index in [9.17, 15) is 4.39 Å². The molecule has 0 fully saturated rings. The second-order valence-electron chi connectivity index (χ2n) is 3.37. The second kappa shape index (κ2) is 5.21. The molecule has 2 aromatic rings.